The van der Waals surface area contributed by atoms with Crippen LogP contribution in [0.1, 0.15) is 12.5 Å². The standard InChI is InChI=1S/C16H17BrFNO3S/c1-4-19(12-5-7-14(17)11(2)9-12)23(20,21)13-6-8-16(22-3)15(18)10-13/h5-10H,4H2,1-3H3. The molecule has 7 heteroatoms. The van der Waals surface area contributed by atoms with E-state index in [1.54, 1.807) is 25.1 Å². The number of nitrogens with zero attached hydrogens (tertiary/aromatic N) is 1. The van der Waals surface area contributed by atoms with Crippen LogP contribution in [0.2, 0.25) is 0 Å². The van der Waals surface area contributed by atoms with Crippen molar-refractivity contribution in [3.63, 3.8) is 0 Å². The van der Waals surface area contributed by atoms with Gasteiger partial charge in [-0.3, -0.25) is 4.31 Å². The van der Waals surface area contributed by atoms with Gasteiger partial charge >= 0.3 is 0 Å². The van der Waals surface area contributed by atoms with Crippen molar-refractivity contribution < 1.29 is 17.5 Å². The van der Waals surface area contributed by atoms with Crippen LogP contribution in [0.25, 0.3) is 0 Å². The first-order valence-electron chi connectivity index (χ1n) is 6.93. The van der Waals surface area contributed by atoms with Crippen LogP contribution in [-0.2, 0) is 10.0 Å². The van der Waals surface area contributed by atoms with Crippen molar-refractivity contribution in [3.8, 4) is 5.75 Å². The fourth-order valence-corrected chi connectivity index (χ4v) is 3.93. The smallest absolute Gasteiger partial charge is 0.264 e. The summed E-state index contributed by atoms with van der Waals surface area (Å²) >= 11 is 3.39. The first-order chi connectivity index (χ1) is 10.8. The van der Waals surface area contributed by atoms with Crippen molar-refractivity contribution in [2.45, 2.75) is 18.7 Å². The summed E-state index contributed by atoms with van der Waals surface area (Å²) in [6.07, 6.45) is 0. The zero-order chi connectivity index (χ0) is 17.2. The molecule has 0 bridgehead atoms. The lowest BCUT2D eigenvalue weighted by molar-refractivity contribution is 0.385. The molecule has 23 heavy (non-hydrogen) atoms. The molecule has 2 rings (SSSR count). The van der Waals surface area contributed by atoms with Crippen LogP contribution >= 0.6 is 15.9 Å². The molecule has 4 nitrogen and oxygen atoms in total. The van der Waals surface area contributed by atoms with E-state index < -0.39 is 15.8 Å². The van der Waals surface area contributed by atoms with E-state index in [-0.39, 0.29) is 17.2 Å². The van der Waals surface area contributed by atoms with Gasteiger partial charge in [0.1, 0.15) is 0 Å². The highest BCUT2D eigenvalue weighted by molar-refractivity contribution is 9.10. The van der Waals surface area contributed by atoms with Gasteiger partial charge < -0.3 is 4.74 Å². The van der Waals surface area contributed by atoms with Crippen LogP contribution in [0.5, 0.6) is 5.75 Å². The predicted molar refractivity (Wildman–Crippen MR) is 92.0 cm³/mol. The average molecular weight is 402 g/mol. The summed E-state index contributed by atoms with van der Waals surface area (Å²) in [6.45, 7) is 3.84. The molecule has 0 aliphatic heterocycles. The normalized spacial score (nSPS) is 11.3. The Hall–Kier alpha value is -1.60. The maximum atomic E-state index is 13.9. The zero-order valence-electron chi connectivity index (χ0n) is 13.0. The van der Waals surface area contributed by atoms with Gasteiger partial charge in [-0.25, -0.2) is 12.8 Å². The Bertz CT molecular complexity index is 824. The molecule has 0 aliphatic rings. The van der Waals surface area contributed by atoms with Crippen LogP contribution in [0, 0.1) is 12.7 Å². The topological polar surface area (TPSA) is 46.6 Å². The second-order valence-electron chi connectivity index (χ2n) is 4.90. The summed E-state index contributed by atoms with van der Waals surface area (Å²) in [4.78, 5) is -0.113. The van der Waals surface area contributed by atoms with Crippen molar-refractivity contribution in [1.82, 2.24) is 0 Å². The van der Waals surface area contributed by atoms with Gasteiger partial charge in [-0.15, -0.1) is 0 Å². The number of methoxy groups -OCH3 is 1. The van der Waals surface area contributed by atoms with E-state index in [1.807, 2.05) is 6.92 Å². The van der Waals surface area contributed by atoms with Crippen LogP contribution in [0.15, 0.2) is 45.8 Å². The van der Waals surface area contributed by atoms with E-state index >= 15 is 0 Å². The molecule has 0 saturated carbocycles. The highest BCUT2D eigenvalue weighted by Crippen LogP contribution is 2.29. The summed E-state index contributed by atoms with van der Waals surface area (Å²) in [5.74, 6) is -0.705. The summed E-state index contributed by atoms with van der Waals surface area (Å²) in [6, 6.07) is 8.89. The van der Waals surface area contributed by atoms with E-state index in [4.69, 9.17) is 4.74 Å². The lowest BCUT2D eigenvalue weighted by Crippen LogP contribution is -2.30. The number of ether oxygens (including phenoxy) is 1. The Labute approximate surface area is 144 Å². The molecule has 124 valence electrons. The van der Waals surface area contributed by atoms with E-state index in [2.05, 4.69) is 15.9 Å². The highest BCUT2D eigenvalue weighted by Gasteiger charge is 2.25. The Morgan fingerprint density at radius 1 is 1.22 bits per heavy atom. The molecule has 0 aliphatic carbocycles. The molecule has 2 aromatic carbocycles. The molecule has 0 heterocycles. The molecular formula is C16H17BrFNO3S. The third-order valence-electron chi connectivity index (χ3n) is 3.43. The molecule has 0 amide bonds. The molecule has 0 N–H and O–H groups in total. The fourth-order valence-electron chi connectivity index (χ4n) is 2.21. The minimum absolute atomic E-state index is 0.00600. The Morgan fingerprint density at radius 3 is 2.43 bits per heavy atom. The number of sulfonamides is 1. The van der Waals surface area contributed by atoms with Crippen LogP contribution in [0.3, 0.4) is 0 Å². The van der Waals surface area contributed by atoms with Crippen LogP contribution in [0.4, 0.5) is 10.1 Å². The van der Waals surface area contributed by atoms with Crippen molar-refractivity contribution in [3.05, 3.63) is 52.3 Å². The third-order valence-corrected chi connectivity index (χ3v) is 6.22. The molecule has 0 radical (unpaired) electrons. The predicted octanol–water partition coefficient (Wildman–Crippen LogP) is 4.12. The van der Waals surface area contributed by atoms with Gasteiger partial charge in [0.25, 0.3) is 10.0 Å². The second kappa shape index (κ2) is 6.88. The van der Waals surface area contributed by atoms with Gasteiger partial charge in [-0.05, 0) is 55.8 Å². The molecule has 2 aromatic rings. The molecule has 0 atom stereocenters. The fraction of sp³-hybridized carbons (Fsp3) is 0.250. The summed E-state index contributed by atoms with van der Waals surface area (Å²) in [5, 5.41) is 0. The van der Waals surface area contributed by atoms with E-state index in [9.17, 15) is 12.8 Å². The van der Waals surface area contributed by atoms with E-state index in [1.165, 1.54) is 23.5 Å². The van der Waals surface area contributed by atoms with Gasteiger partial charge in [0.2, 0.25) is 0 Å². The summed E-state index contributed by atoms with van der Waals surface area (Å²) in [7, 11) is -2.53. The second-order valence-corrected chi connectivity index (χ2v) is 7.62. The first-order valence-corrected chi connectivity index (χ1v) is 9.17. The molecular weight excluding hydrogens is 385 g/mol. The molecule has 0 spiro atoms. The minimum atomic E-state index is -3.86. The SMILES string of the molecule is CCN(c1ccc(Br)c(C)c1)S(=O)(=O)c1ccc(OC)c(F)c1. The molecule has 0 unspecified atom stereocenters. The van der Waals surface area contributed by atoms with Crippen molar-refractivity contribution in [2.24, 2.45) is 0 Å². The van der Waals surface area contributed by atoms with Gasteiger partial charge in [0.05, 0.1) is 17.7 Å². The number of hydrogen-bond acceptors (Lipinski definition) is 3. The van der Waals surface area contributed by atoms with Gasteiger partial charge in [0.15, 0.2) is 11.6 Å². The number of rotatable bonds is 5. The third kappa shape index (κ3) is 3.50. The maximum Gasteiger partial charge on any atom is 0.264 e. The Morgan fingerprint density at radius 2 is 1.91 bits per heavy atom. The van der Waals surface area contributed by atoms with Crippen molar-refractivity contribution in [2.75, 3.05) is 18.0 Å². The number of hydrogen-bond donors (Lipinski definition) is 0. The lowest BCUT2D eigenvalue weighted by Gasteiger charge is -2.23. The van der Waals surface area contributed by atoms with Crippen molar-refractivity contribution >= 4 is 31.6 Å². The molecule has 0 fully saturated rings. The Kier molecular flexibility index (Phi) is 5.31. The largest absolute Gasteiger partial charge is 0.494 e. The van der Waals surface area contributed by atoms with E-state index in [0.29, 0.717) is 5.69 Å². The molecule has 0 aromatic heterocycles. The number of benzene rings is 2. The highest BCUT2D eigenvalue weighted by atomic mass is 79.9. The zero-order valence-corrected chi connectivity index (χ0v) is 15.4. The molecule has 0 saturated heterocycles. The summed E-state index contributed by atoms with van der Waals surface area (Å²) in [5.41, 5.74) is 1.45. The number of aryl methyl sites for hydroxylation is 1. The monoisotopic (exact) mass is 401 g/mol. The number of anilines is 1. The van der Waals surface area contributed by atoms with Gasteiger partial charge in [-0.2, -0.15) is 0 Å². The van der Waals surface area contributed by atoms with Crippen LogP contribution < -0.4 is 9.04 Å². The van der Waals surface area contributed by atoms with Crippen LogP contribution in [-0.4, -0.2) is 22.1 Å². The summed E-state index contributed by atoms with van der Waals surface area (Å²) < 4.78 is 46.5. The number of halogens is 2. The minimum Gasteiger partial charge on any atom is -0.494 e. The lowest BCUT2D eigenvalue weighted by atomic mass is 10.2. The van der Waals surface area contributed by atoms with Gasteiger partial charge in [0, 0.05) is 11.0 Å². The average Bonchev–Trinajstić information content (AvgIpc) is 2.51. The quantitative estimate of drug-likeness (QED) is 0.756. The Balaban J connectivity index is 2.50. The first kappa shape index (κ1) is 17.7. The maximum absolute atomic E-state index is 13.9. The van der Waals surface area contributed by atoms with Crippen molar-refractivity contribution in [1.29, 1.82) is 0 Å². The van der Waals surface area contributed by atoms with E-state index in [0.717, 1.165) is 16.1 Å². The van der Waals surface area contributed by atoms with Gasteiger partial charge in [-0.1, -0.05) is 15.9 Å².